The number of benzene rings is 1. The van der Waals surface area contributed by atoms with Crippen molar-refractivity contribution in [2.45, 2.75) is 57.5 Å². The predicted octanol–water partition coefficient (Wildman–Crippen LogP) is 5.22. The number of thiazole rings is 1. The second-order valence-corrected chi connectivity index (χ2v) is 10.1. The minimum Gasteiger partial charge on any atom is -0.348 e. The second kappa shape index (κ2) is 12.5. The number of nitrogens with zero attached hydrogens (tertiary/aromatic N) is 5. The summed E-state index contributed by atoms with van der Waals surface area (Å²) in [6.45, 7) is 11.5. The SMILES string of the molecule is CCN(CC)CCCC(C)NC(=O)c1csc(CSc2nnc(C)n2-c2cccc(Cl)c2)n1. The van der Waals surface area contributed by atoms with Crippen molar-refractivity contribution < 1.29 is 4.79 Å². The Hall–Kier alpha value is -1.94. The van der Waals surface area contributed by atoms with Crippen molar-refractivity contribution in [2.24, 2.45) is 0 Å². The standard InChI is InChI=1S/C23H31ClN6OS2/c1-5-29(6-2)12-8-9-16(3)25-22(31)20-14-32-21(26-20)15-33-23-28-27-17(4)30(23)19-11-7-10-18(24)13-19/h7,10-11,13-14,16H,5-6,8-9,12,15H2,1-4H3,(H,25,31). The summed E-state index contributed by atoms with van der Waals surface area (Å²) in [5.41, 5.74) is 1.39. The molecule has 0 fully saturated rings. The van der Waals surface area contributed by atoms with E-state index in [1.54, 1.807) is 0 Å². The Balaban J connectivity index is 1.54. The molecule has 0 saturated heterocycles. The zero-order valence-corrected chi connectivity index (χ0v) is 21.9. The number of aromatic nitrogens is 4. The van der Waals surface area contributed by atoms with Gasteiger partial charge in [0.25, 0.3) is 5.91 Å². The molecule has 1 unspecified atom stereocenters. The number of thioether (sulfide) groups is 1. The highest BCUT2D eigenvalue weighted by Gasteiger charge is 2.16. The summed E-state index contributed by atoms with van der Waals surface area (Å²) in [5.74, 6) is 1.28. The van der Waals surface area contributed by atoms with Gasteiger partial charge in [0, 0.05) is 16.4 Å². The first kappa shape index (κ1) is 25.7. The van der Waals surface area contributed by atoms with Gasteiger partial charge in [-0.25, -0.2) is 4.98 Å². The number of nitrogens with one attached hydrogen (secondary N) is 1. The van der Waals surface area contributed by atoms with E-state index in [0.29, 0.717) is 16.5 Å². The number of aryl methyl sites for hydroxylation is 1. The molecule has 0 aliphatic carbocycles. The molecule has 10 heteroatoms. The third kappa shape index (κ3) is 7.27. The van der Waals surface area contributed by atoms with Crippen LogP contribution in [0.4, 0.5) is 0 Å². The summed E-state index contributed by atoms with van der Waals surface area (Å²) < 4.78 is 1.97. The number of carbonyl (C=O) groups is 1. The van der Waals surface area contributed by atoms with Crippen LogP contribution in [0.1, 0.15) is 54.9 Å². The van der Waals surface area contributed by atoms with Crippen molar-refractivity contribution in [1.29, 1.82) is 0 Å². The number of hydrogen-bond acceptors (Lipinski definition) is 7. The molecule has 0 aliphatic rings. The lowest BCUT2D eigenvalue weighted by atomic mass is 10.1. The fourth-order valence-electron chi connectivity index (χ4n) is 3.49. The zero-order chi connectivity index (χ0) is 23.8. The van der Waals surface area contributed by atoms with Crippen molar-refractivity contribution in [1.82, 2.24) is 30.0 Å². The molecule has 0 aliphatic heterocycles. The van der Waals surface area contributed by atoms with E-state index in [-0.39, 0.29) is 11.9 Å². The molecular formula is C23H31ClN6OS2. The van der Waals surface area contributed by atoms with E-state index >= 15 is 0 Å². The summed E-state index contributed by atoms with van der Waals surface area (Å²) in [5, 5.41) is 15.7. The summed E-state index contributed by atoms with van der Waals surface area (Å²) in [4.78, 5) is 19.5. The first-order valence-electron chi connectivity index (χ1n) is 11.2. The highest BCUT2D eigenvalue weighted by molar-refractivity contribution is 7.98. The molecule has 1 N–H and O–H groups in total. The lowest BCUT2D eigenvalue weighted by Crippen LogP contribution is -2.33. The summed E-state index contributed by atoms with van der Waals surface area (Å²) in [6.07, 6.45) is 2.02. The van der Waals surface area contributed by atoms with E-state index in [1.165, 1.54) is 23.1 Å². The van der Waals surface area contributed by atoms with Crippen molar-refractivity contribution in [2.75, 3.05) is 19.6 Å². The second-order valence-electron chi connectivity index (χ2n) is 7.80. The average Bonchev–Trinajstić information content (AvgIpc) is 3.42. The van der Waals surface area contributed by atoms with Gasteiger partial charge >= 0.3 is 0 Å². The average molecular weight is 507 g/mol. The van der Waals surface area contributed by atoms with E-state index in [0.717, 1.165) is 54.2 Å². The van der Waals surface area contributed by atoms with Crippen LogP contribution in [-0.4, -0.2) is 56.2 Å². The molecule has 3 aromatic rings. The molecular weight excluding hydrogens is 476 g/mol. The van der Waals surface area contributed by atoms with Crippen LogP contribution < -0.4 is 5.32 Å². The van der Waals surface area contributed by atoms with Gasteiger partial charge in [0.05, 0.1) is 11.4 Å². The molecule has 2 aromatic heterocycles. The maximum absolute atomic E-state index is 12.6. The summed E-state index contributed by atoms with van der Waals surface area (Å²) >= 11 is 9.17. The molecule has 0 radical (unpaired) electrons. The van der Waals surface area contributed by atoms with Gasteiger partial charge in [0.1, 0.15) is 16.5 Å². The Bertz CT molecular complexity index is 1050. The normalized spacial score (nSPS) is 12.3. The Kier molecular flexibility index (Phi) is 9.73. The van der Waals surface area contributed by atoms with Gasteiger partial charge in [0.2, 0.25) is 0 Å². The number of carbonyl (C=O) groups excluding carboxylic acids is 1. The summed E-state index contributed by atoms with van der Waals surface area (Å²) in [6, 6.07) is 7.72. The van der Waals surface area contributed by atoms with E-state index < -0.39 is 0 Å². The number of halogens is 1. The van der Waals surface area contributed by atoms with Crippen LogP contribution in [0, 0.1) is 6.92 Å². The van der Waals surface area contributed by atoms with Gasteiger partial charge in [0.15, 0.2) is 5.16 Å². The lowest BCUT2D eigenvalue weighted by molar-refractivity contribution is 0.0932. The van der Waals surface area contributed by atoms with E-state index in [2.05, 4.69) is 39.2 Å². The molecule has 7 nitrogen and oxygen atoms in total. The maximum atomic E-state index is 12.6. The zero-order valence-electron chi connectivity index (χ0n) is 19.5. The van der Waals surface area contributed by atoms with E-state index in [9.17, 15) is 4.79 Å². The monoisotopic (exact) mass is 506 g/mol. The molecule has 3 rings (SSSR count). The first-order chi connectivity index (χ1) is 15.9. The molecule has 1 amide bonds. The molecule has 2 heterocycles. The van der Waals surface area contributed by atoms with Crippen LogP contribution in [-0.2, 0) is 5.75 Å². The molecule has 0 saturated carbocycles. The third-order valence-corrected chi connectivity index (χ3v) is 7.56. The number of rotatable bonds is 12. The van der Waals surface area contributed by atoms with Gasteiger partial charge in [-0.15, -0.1) is 21.5 Å². The Morgan fingerprint density at radius 1 is 1.30 bits per heavy atom. The van der Waals surface area contributed by atoms with Gasteiger partial charge < -0.3 is 10.2 Å². The number of amides is 1. The maximum Gasteiger partial charge on any atom is 0.270 e. The van der Waals surface area contributed by atoms with Gasteiger partial charge in [-0.1, -0.05) is 43.3 Å². The third-order valence-electron chi connectivity index (χ3n) is 5.35. The molecule has 1 atom stereocenters. The van der Waals surface area contributed by atoms with Crippen LogP contribution in [0.25, 0.3) is 5.69 Å². The van der Waals surface area contributed by atoms with Crippen LogP contribution in [0.15, 0.2) is 34.8 Å². The largest absolute Gasteiger partial charge is 0.348 e. The van der Waals surface area contributed by atoms with E-state index in [4.69, 9.17) is 11.6 Å². The number of hydrogen-bond donors (Lipinski definition) is 1. The highest BCUT2D eigenvalue weighted by Crippen LogP contribution is 2.27. The molecule has 0 spiro atoms. The van der Waals surface area contributed by atoms with Crippen molar-refractivity contribution in [3.63, 3.8) is 0 Å². The van der Waals surface area contributed by atoms with Crippen LogP contribution in [0.5, 0.6) is 0 Å². The van der Waals surface area contributed by atoms with Crippen LogP contribution >= 0.6 is 34.7 Å². The van der Waals surface area contributed by atoms with Crippen molar-refractivity contribution >= 4 is 40.6 Å². The minimum absolute atomic E-state index is 0.115. The van der Waals surface area contributed by atoms with Gasteiger partial charge in [-0.3, -0.25) is 9.36 Å². The highest BCUT2D eigenvalue weighted by atomic mass is 35.5. The molecule has 1 aromatic carbocycles. The Morgan fingerprint density at radius 2 is 2.09 bits per heavy atom. The summed E-state index contributed by atoms with van der Waals surface area (Å²) in [7, 11) is 0. The minimum atomic E-state index is -0.115. The quantitative estimate of drug-likeness (QED) is 0.339. The molecule has 178 valence electrons. The molecule has 33 heavy (non-hydrogen) atoms. The van der Waals surface area contributed by atoms with Gasteiger partial charge in [-0.05, 0) is 64.5 Å². The van der Waals surface area contributed by atoms with Gasteiger partial charge in [-0.2, -0.15) is 0 Å². The molecule has 0 bridgehead atoms. The Labute approximate surface area is 209 Å². The smallest absolute Gasteiger partial charge is 0.270 e. The Morgan fingerprint density at radius 3 is 2.82 bits per heavy atom. The van der Waals surface area contributed by atoms with Crippen molar-refractivity contribution in [3.8, 4) is 5.69 Å². The fraction of sp³-hybridized carbons (Fsp3) is 0.478. The predicted molar refractivity (Wildman–Crippen MR) is 137 cm³/mol. The fourth-order valence-corrected chi connectivity index (χ4v) is 5.46. The lowest BCUT2D eigenvalue weighted by Gasteiger charge is -2.19. The van der Waals surface area contributed by atoms with Crippen molar-refractivity contribution in [3.05, 3.63) is 51.2 Å². The van der Waals surface area contributed by atoms with Crippen LogP contribution in [0.3, 0.4) is 0 Å². The topological polar surface area (TPSA) is 75.9 Å². The van der Waals surface area contributed by atoms with E-state index in [1.807, 2.05) is 48.1 Å². The van der Waals surface area contributed by atoms with Crippen LogP contribution in [0.2, 0.25) is 5.02 Å². The first-order valence-corrected chi connectivity index (χ1v) is 13.4.